The van der Waals surface area contributed by atoms with Crippen molar-refractivity contribution in [3.05, 3.63) is 54.6 Å². The Bertz CT molecular complexity index is 1310. The van der Waals surface area contributed by atoms with Crippen LogP contribution in [0.3, 0.4) is 0 Å². The molecule has 196 valence electrons. The lowest BCUT2D eigenvalue weighted by molar-refractivity contribution is 0.0712. The first-order valence-electron chi connectivity index (χ1n) is 13.2. The van der Waals surface area contributed by atoms with Crippen LogP contribution < -0.4 is 9.80 Å². The normalized spacial score (nSPS) is 22.1. The van der Waals surface area contributed by atoms with E-state index in [-0.39, 0.29) is 0 Å². The third-order valence-corrected chi connectivity index (χ3v) is 9.63. The van der Waals surface area contributed by atoms with E-state index in [0.717, 1.165) is 61.7 Å². The third kappa shape index (κ3) is 5.29. The van der Waals surface area contributed by atoms with Gasteiger partial charge in [-0.15, -0.1) is 10.2 Å². The molecule has 0 bridgehead atoms. The maximum absolute atomic E-state index is 13.3. The molecule has 4 heterocycles. The molecule has 6 rings (SSSR count). The summed E-state index contributed by atoms with van der Waals surface area (Å²) < 4.78 is 33.9. The Labute approximate surface area is 218 Å². The number of rotatable bonds is 6. The quantitative estimate of drug-likeness (QED) is 0.488. The van der Waals surface area contributed by atoms with Crippen molar-refractivity contribution in [3.8, 4) is 0 Å². The molecule has 10 heteroatoms. The fourth-order valence-electron chi connectivity index (χ4n) is 5.53. The van der Waals surface area contributed by atoms with Gasteiger partial charge in [0.05, 0.1) is 11.0 Å². The molecule has 0 aliphatic carbocycles. The maximum Gasteiger partial charge on any atom is 0.243 e. The van der Waals surface area contributed by atoms with Crippen molar-refractivity contribution < 1.29 is 13.2 Å². The van der Waals surface area contributed by atoms with Crippen LogP contribution in [-0.4, -0.2) is 99.4 Å². The van der Waals surface area contributed by atoms with Gasteiger partial charge in [-0.2, -0.15) is 4.31 Å². The highest BCUT2D eigenvalue weighted by molar-refractivity contribution is 7.89. The molecule has 37 heavy (non-hydrogen) atoms. The Morgan fingerprint density at radius 2 is 1.43 bits per heavy atom. The molecule has 0 saturated carbocycles. The topological polar surface area (TPSA) is 82.1 Å². The molecule has 3 fully saturated rings. The maximum atomic E-state index is 13.3. The zero-order valence-corrected chi connectivity index (χ0v) is 21.9. The van der Waals surface area contributed by atoms with Crippen LogP contribution in [-0.2, 0) is 14.8 Å². The fraction of sp³-hybridized carbons (Fsp3) is 0.481. The van der Waals surface area contributed by atoms with Gasteiger partial charge in [-0.05, 0) is 47.9 Å². The predicted octanol–water partition coefficient (Wildman–Crippen LogP) is 2.44. The summed E-state index contributed by atoms with van der Waals surface area (Å²) in [6.07, 6.45) is 2.76. The predicted molar refractivity (Wildman–Crippen MR) is 145 cm³/mol. The zero-order valence-electron chi connectivity index (χ0n) is 21.1. The average molecular weight is 523 g/mol. The van der Waals surface area contributed by atoms with Crippen molar-refractivity contribution >= 4 is 32.4 Å². The minimum absolute atomic E-state index is 0.347. The van der Waals surface area contributed by atoms with Crippen LogP contribution in [0.4, 0.5) is 11.6 Å². The highest BCUT2D eigenvalue weighted by atomic mass is 32.2. The highest BCUT2D eigenvalue weighted by Gasteiger charge is 2.29. The first-order valence-corrected chi connectivity index (χ1v) is 14.7. The highest BCUT2D eigenvalue weighted by Crippen LogP contribution is 2.24. The number of anilines is 2. The van der Waals surface area contributed by atoms with Gasteiger partial charge in [0.25, 0.3) is 0 Å². The second-order valence-corrected chi connectivity index (χ2v) is 12.0. The Balaban J connectivity index is 1.03. The summed E-state index contributed by atoms with van der Waals surface area (Å²) in [5, 5.41) is 11.0. The lowest BCUT2D eigenvalue weighted by Gasteiger charge is -2.36. The fourth-order valence-corrected chi connectivity index (χ4v) is 6.98. The van der Waals surface area contributed by atoms with Gasteiger partial charge in [-0.1, -0.05) is 30.3 Å². The van der Waals surface area contributed by atoms with E-state index >= 15 is 0 Å². The number of hydrogen-bond donors (Lipinski definition) is 0. The van der Waals surface area contributed by atoms with Gasteiger partial charge in [0.15, 0.2) is 11.6 Å². The van der Waals surface area contributed by atoms with Crippen LogP contribution in [0.15, 0.2) is 59.5 Å². The first kappa shape index (κ1) is 24.5. The van der Waals surface area contributed by atoms with Gasteiger partial charge in [-0.3, -0.25) is 4.90 Å². The molecule has 0 spiro atoms. The third-order valence-electron chi connectivity index (χ3n) is 7.74. The Kier molecular flexibility index (Phi) is 6.98. The first-order chi connectivity index (χ1) is 18.1. The molecule has 1 aromatic heterocycles. The molecular formula is C27H34N6O3S. The number of ether oxygens (including phenoxy) is 1. The summed E-state index contributed by atoms with van der Waals surface area (Å²) in [6, 6.07) is 17.2. The summed E-state index contributed by atoms with van der Waals surface area (Å²) in [4.78, 5) is 7.24. The van der Waals surface area contributed by atoms with Crippen LogP contribution >= 0.6 is 0 Å². The van der Waals surface area contributed by atoms with E-state index in [2.05, 4.69) is 24.9 Å². The molecule has 1 atom stereocenters. The number of benzene rings is 2. The lowest BCUT2D eigenvalue weighted by atomic mass is 10.1. The Morgan fingerprint density at radius 3 is 2.05 bits per heavy atom. The smallest absolute Gasteiger partial charge is 0.243 e. The van der Waals surface area contributed by atoms with E-state index < -0.39 is 10.0 Å². The van der Waals surface area contributed by atoms with Gasteiger partial charge in [0.2, 0.25) is 10.0 Å². The average Bonchev–Trinajstić information content (AvgIpc) is 3.46. The van der Waals surface area contributed by atoms with Crippen molar-refractivity contribution in [3.63, 3.8) is 0 Å². The summed E-state index contributed by atoms with van der Waals surface area (Å²) >= 11 is 0. The van der Waals surface area contributed by atoms with Crippen LogP contribution in [0.2, 0.25) is 0 Å². The van der Waals surface area contributed by atoms with E-state index in [4.69, 9.17) is 4.74 Å². The summed E-state index contributed by atoms with van der Waals surface area (Å²) in [5.74, 6) is 1.70. The van der Waals surface area contributed by atoms with Gasteiger partial charge >= 0.3 is 0 Å². The second-order valence-electron chi connectivity index (χ2n) is 10.1. The largest absolute Gasteiger partial charge is 0.377 e. The Hall–Kier alpha value is -2.79. The van der Waals surface area contributed by atoms with Gasteiger partial charge in [0, 0.05) is 65.5 Å². The number of piperazine rings is 2. The molecule has 3 aliphatic rings. The van der Waals surface area contributed by atoms with Crippen molar-refractivity contribution in [2.75, 3.05) is 75.3 Å². The van der Waals surface area contributed by atoms with Crippen LogP contribution in [0.5, 0.6) is 0 Å². The summed E-state index contributed by atoms with van der Waals surface area (Å²) in [7, 11) is -3.54. The van der Waals surface area contributed by atoms with E-state index in [0.29, 0.717) is 37.2 Å². The van der Waals surface area contributed by atoms with Crippen LogP contribution in [0.1, 0.15) is 12.8 Å². The number of nitrogens with zero attached hydrogens (tertiary/aromatic N) is 6. The molecule has 2 aromatic carbocycles. The standard InChI is InChI=1S/C27H34N6O3S/c34-37(35,25-8-7-22-4-1-2-5-23(22)20-25)33-17-15-32(16-18-33)27-10-9-26(28-29-27)31-13-11-30(12-14-31)21-24-6-3-19-36-24/h1-2,4-5,7-10,20,24H,3,6,11-19,21H2. The van der Waals surface area contributed by atoms with E-state index in [1.807, 2.05) is 42.5 Å². The van der Waals surface area contributed by atoms with Crippen molar-refractivity contribution in [2.45, 2.75) is 23.8 Å². The molecule has 3 aromatic rings. The van der Waals surface area contributed by atoms with E-state index in [1.54, 1.807) is 16.4 Å². The molecule has 3 saturated heterocycles. The van der Waals surface area contributed by atoms with E-state index in [9.17, 15) is 8.42 Å². The molecular weight excluding hydrogens is 488 g/mol. The Morgan fingerprint density at radius 1 is 0.784 bits per heavy atom. The molecule has 3 aliphatic heterocycles. The van der Waals surface area contributed by atoms with Gasteiger partial charge < -0.3 is 14.5 Å². The lowest BCUT2D eigenvalue weighted by Crippen LogP contribution is -2.49. The zero-order chi connectivity index (χ0) is 25.2. The number of sulfonamides is 1. The number of fused-ring (bicyclic) bond motifs is 1. The van der Waals surface area contributed by atoms with Crippen molar-refractivity contribution in [1.82, 2.24) is 19.4 Å². The molecule has 0 amide bonds. The van der Waals surface area contributed by atoms with Gasteiger partial charge in [-0.25, -0.2) is 8.42 Å². The number of hydrogen-bond acceptors (Lipinski definition) is 8. The van der Waals surface area contributed by atoms with Crippen molar-refractivity contribution in [1.29, 1.82) is 0 Å². The monoisotopic (exact) mass is 522 g/mol. The van der Waals surface area contributed by atoms with Crippen LogP contribution in [0.25, 0.3) is 10.8 Å². The van der Waals surface area contributed by atoms with Crippen LogP contribution in [0, 0.1) is 0 Å². The minimum Gasteiger partial charge on any atom is -0.377 e. The second kappa shape index (κ2) is 10.5. The van der Waals surface area contributed by atoms with Crippen molar-refractivity contribution in [2.24, 2.45) is 0 Å². The molecule has 0 radical (unpaired) electrons. The number of aromatic nitrogens is 2. The molecule has 9 nitrogen and oxygen atoms in total. The van der Waals surface area contributed by atoms with E-state index in [1.165, 1.54) is 12.8 Å². The minimum atomic E-state index is -3.54. The SMILES string of the molecule is O=S(=O)(c1ccc2ccccc2c1)N1CCN(c2ccc(N3CCN(CC4CCCO4)CC3)nn2)CC1. The summed E-state index contributed by atoms with van der Waals surface area (Å²) in [5.41, 5.74) is 0. The molecule has 1 unspecified atom stereocenters. The van der Waals surface area contributed by atoms with Gasteiger partial charge in [0.1, 0.15) is 0 Å². The molecule has 0 N–H and O–H groups in total. The summed E-state index contributed by atoms with van der Waals surface area (Å²) in [6.45, 7) is 7.84.